The molecular weight excluding hydrogens is 818 g/mol. The summed E-state index contributed by atoms with van der Waals surface area (Å²) in [5, 5.41) is 0. The zero-order valence-electron chi connectivity index (χ0n) is 41.8. The maximum Gasteiger partial charge on any atom is 0.472 e. The highest BCUT2D eigenvalue weighted by atomic mass is 31.2. The van der Waals surface area contributed by atoms with E-state index in [2.05, 4.69) is 74.6 Å². The van der Waals surface area contributed by atoms with Crippen LogP contribution in [0, 0.1) is 0 Å². The van der Waals surface area contributed by atoms with Crippen molar-refractivity contribution in [2.24, 2.45) is 5.73 Å². The average Bonchev–Trinajstić information content (AvgIpc) is 3.29. The molecule has 8 nitrogen and oxygen atoms in total. The molecule has 0 bridgehead atoms. The number of carbonyl (C=O) groups excluding carboxylic acids is 1. The van der Waals surface area contributed by atoms with Gasteiger partial charge < -0.3 is 20.1 Å². The Hall–Kier alpha value is -1.80. The van der Waals surface area contributed by atoms with E-state index in [0.29, 0.717) is 13.0 Å². The topological polar surface area (TPSA) is 117 Å². The van der Waals surface area contributed by atoms with E-state index in [1.165, 1.54) is 141 Å². The molecule has 0 fully saturated rings. The fourth-order valence-corrected chi connectivity index (χ4v) is 8.32. The number of carbonyl (C=O) groups is 1. The van der Waals surface area contributed by atoms with Gasteiger partial charge in [-0.15, -0.1) is 0 Å². The number of unbranched alkanes of at least 4 members (excludes halogenated alkanes) is 28. The molecule has 374 valence electrons. The summed E-state index contributed by atoms with van der Waals surface area (Å²) in [4.78, 5) is 22.6. The smallest absolute Gasteiger partial charge is 0.457 e. The maximum atomic E-state index is 12.7. The number of esters is 1. The second-order valence-electron chi connectivity index (χ2n) is 17.7. The zero-order valence-corrected chi connectivity index (χ0v) is 42.7. The Morgan fingerprint density at radius 1 is 0.484 bits per heavy atom. The van der Waals surface area contributed by atoms with Gasteiger partial charge in [-0.05, 0) is 57.8 Å². The lowest BCUT2D eigenvalue weighted by Gasteiger charge is -2.20. The summed E-state index contributed by atoms with van der Waals surface area (Å²) in [6, 6.07) is 0. The van der Waals surface area contributed by atoms with Gasteiger partial charge in [-0.25, -0.2) is 4.57 Å². The van der Waals surface area contributed by atoms with Crippen LogP contribution in [0.4, 0.5) is 0 Å². The van der Waals surface area contributed by atoms with Crippen LogP contribution in [0.1, 0.15) is 245 Å². The summed E-state index contributed by atoms with van der Waals surface area (Å²) in [6.45, 7) is 4.78. The third-order valence-electron chi connectivity index (χ3n) is 11.4. The Balaban J connectivity index is 3.93. The molecule has 2 atom stereocenters. The molecule has 0 saturated heterocycles. The number of rotatable bonds is 51. The van der Waals surface area contributed by atoms with E-state index >= 15 is 0 Å². The molecule has 0 aromatic heterocycles. The largest absolute Gasteiger partial charge is 0.472 e. The first-order valence-electron chi connectivity index (χ1n) is 26.8. The molecule has 0 aliphatic heterocycles. The van der Waals surface area contributed by atoms with E-state index in [4.69, 9.17) is 24.3 Å². The molecule has 0 radical (unpaired) electrons. The predicted octanol–water partition coefficient (Wildman–Crippen LogP) is 16.9. The van der Waals surface area contributed by atoms with Crippen molar-refractivity contribution in [1.82, 2.24) is 0 Å². The van der Waals surface area contributed by atoms with Crippen LogP contribution in [0.5, 0.6) is 0 Å². The molecule has 0 aromatic carbocycles. The lowest BCUT2D eigenvalue weighted by molar-refractivity contribution is -0.154. The first kappa shape index (κ1) is 62.2. The van der Waals surface area contributed by atoms with Gasteiger partial charge in [-0.2, -0.15) is 0 Å². The summed E-state index contributed by atoms with van der Waals surface area (Å²) in [5.74, 6) is -0.336. The van der Waals surface area contributed by atoms with E-state index in [1.807, 2.05) is 0 Å². The fraction of sp³-hybridized carbons (Fsp3) is 0.800. The van der Waals surface area contributed by atoms with Gasteiger partial charge in [0.1, 0.15) is 6.10 Å². The molecule has 0 aliphatic carbocycles. The molecule has 0 heterocycles. The molecule has 9 heteroatoms. The van der Waals surface area contributed by atoms with Crippen molar-refractivity contribution in [1.29, 1.82) is 0 Å². The molecule has 0 spiro atoms. The van der Waals surface area contributed by atoms with Crippen LogP contribution in [0.3, 0.4) is 0 Å². The van der Waals surface area contributed by atoms with Crippen molar-refractivity contribution in [3.05, 3.63) is 60.8 Å². The number of ether oxygens (including phenoxy) is 2. The van der Waals surface area contributed by atoms with E-state index in [-0.39, 0.29) is 32.3 Å². The molecule has 0 aromatic rings. The lowest BCUT2D eigenvalue weighted by Crippen LogP contribution is -2.28. The monoisotopic (exact) mass is 920 g/mol. The summed E-state index contributed by atoms with van der Waals surface area (Å²) in [6.07, 6.45) is 65.6. The molecule has 0 rings (SSSR count). The average molecular weight is 920 g/mol. The molecule has 0 amide bonds. The molecule has 2 unspecified atom stereocenters. The Labute approximate surface area is 395 Å². The molecule has 3 N–H and O–H groups in total. The number of phosphoric acid groups is 1. The normalized spacial score (nSPS) is 13.8. The second kappa shape index (κ2) is 52.2. The lowest BCUT2D eigenvalue weighted by atomic mass is 10.0. The molecular formula is C55H102NO7P. The molecule has 64 heavy (non-hydrogen) atoms. The number of phosphoric ester groups is 1. The number of nitrogens with two attached hydrogens (primary N) is 1. The Morgan fingerprint density at radius 2 is 0.875 bits per heavy atom. The zero-order chi connectivity index (χ0) is 46.5. The van der Waals surface area contributed by atoms with E-state index in [1.54, 1.807) is 0 Å². The van der Waals surface area contributed by atoms with Crippen molar-refractivity contribution in [2.75, 3.05) is 33.0 Å². The van der Waals surface area contributed by atoms with Gasteiger partial charge in [-0.3, -0.25) is 13.8 Å². The number of allylic oxidation sites excluding steroid dienone is 10. The van der Waals surface area contributed by atoms with Gasteiger partial charge in [0.15, 0.2) is 0 Å². The van der Waals surface area contributed by atoms with E-state index in [9.17, 15) is 14.3 Å². The number of hydrogen-bond donors (Lipinski definition) is 2. The minimum atomic E-state index is -4.29. The van der Waals surface area contributed by atoms with Gasteiger partial charge in [0.25, 0.3) is 0 Å². The summed E-state index contributed by atoms with van der Waals surface area (Å²) in [7, 11) is -4.29. The quantitative estimate of drug-likeness (QED) is 0.0268. The standard InChI is InChI=1S/C55H102NO7P/c1-3-5-7-9-11-13-15-17-19-21-23-25-26-27-28-29-30-32-34-36-38-40-42-44-46-48-55(57)63-54(53-62-64(58,59)61-51-49-56)52-60-50-47-45-43-41-39-37-35-33-31-24-22-20-18-16-14-12-10-8-6-4-2/h6,8,12,14,18,20,24,31,35,37,54H,3-5,7,9-11,13,15-17,19,21-23,25-30,32-34,36,38-53,56H2,1-2H3,(H,58,59)/b8-6-,14-12-,20-18-,31-24-,37-35-. The minimum Gasteiger partial charge on any atom is -0.457 e. The molecule has 0 saturated carbocycles. The van der Waals surface area contributed by atoms with Gasteiger partial charge in [0, 0.05) is 19.6 Å². The highest BCUT2D eigenvalue weighted by Crippen LogP contribution is 2.43. The van der Waals surface area contributed by atoms with Crippen molar-refractivity contribution in [3.8, 4) is 0 Å². The van der Waals surface area contributed by atoms with Crippen LogP contribution in [0.15, 0.2) is 60.8 Å². The van der Waals surface area contributed by atoms with Crippen molar-refractivity contribution < 1.29 is 32.8 Å². The summed E-state index contributed by atoms with van der Waals surface area (Å²) < 4.78 is 33.6. The Kier molecular flexibility index (Phi) is 50.7. The van der Waals surface area contributed by atoms with E-state index < -0.39 is 13.9 Å². The highest BCUT2D eigenvalue weighted by Gasteiger charge is 2.25. The summed E-state index contributed by atoms with van der Waals surface area (Å²) >= 11 is 0. The van der Waals surface area contributed by atoms with E-state index in [0.717, 1.165) is 83.5 Å². The Morgan fingerprint density at radius 3 is 1.31 bits per heavy atom. The fourth-order valence-electron chi connectivity index (χ4n) is 7.56. The first-order valence-corrected chi connectivity index (χ1v) is 28.3. The van der Waals surface area contributed by atoms with Crippen LogP contribution >= 0.6 is 7.82 Å². The van der Waals surface area contributed by atoms with Crippen molar-refractivity contribution in [3.63, 3.8) is 0 Å². The molecule has 0 aliphatic rings. The second-order valence-corrected chi connectivity index (χ2v) is 19.2. The third-order valence-corrected chi connectivity index (χ3v) is 12.4. The van der Waals surface area contributed by atoms with Crippen LogP contribution in [0.25, 0.3) is 0 Å². The van der Waals surface area contributed by atoms with Gasteiger partial charge in [0.05, 0.1) is 19.8 Å². The number of hydrogen-bond acceptors (Lipinski definition) is 7. The van der Waals surface area contributed by atoms with Crippen LogP contribution < -0.4 is 5.73 Å². The van der Waals surface area contributed by atoms with Crippen molar-refractivity contribution >= 4 is 13.8 Å². The first-order chi connectivity index (χ1) is 31.4. The van der Waals surface area contributed by atoms with Gasteiger partial charge >= 0.3 is 13.8 Å². The highest BCUT2D eigenvalue weighted by molar-refractivity contribution is 7.47. The predicted molar refractivity (Wildman–Crippen MR) is 275 cm³/mol. The SMILES string of the molecule is CC/C=C\C/C=C\C/C=C\C/C=C\C/C=C\CCCCCCOCC(COP(=O)(O)OCCN)OC(=O)CCCCCCCCCCCCCCCCCCCCCCCCCCC. The van der Waals surface area contributed by atoms with Crippen LogP contribution in [0.2, 0.25) is 0 Å². The maximum absolute atomic E-state index is 12.7. The third kappa shape index (κ3) is 51.2. The van der Waals surface area contributed by atoms with Crippen LogP contribution in [-0.2, 0) is 27.9 Å². The van der Waals surface area contributed by atoms with Gasteiger partial charge in [-0.1, -0.05) is 242 Å². The van der Waals surface area contributed by atoms with Crippen LogP contribution in [-0.4, -0.2) is 49.9 Å². The minimum absolute atomic E-state index is 0.0946. The summed E-state index contributed by atoms with van der Waals surface area (Å²) in [5.41, 5.74) is 5.39. The van der Waals surface area contributed by atoms with Gasteiger partial charge in [0.2, 0.25) is 0 Å². The Bertz CT molecular complexity index is 1170. The van der Waals surface area contributed by atoms with Crippen molar-refractivity contribution in [2.45, 2.75) is 251 Å².